The molecule has 2 heterocycles. The van der Waals surface area contributed by atoms with Crippen LogP contribution in [-0.4, -0.2) is 23.0 Å². The van der Waals surface area contributed by atoms with Gasteiger partial charge in [-0.1, -0.05) is 65.1 Å². The lowest BCUT2D eigenvalue weighted by Gasteiger charge is -2.46. The highest BCUT2D eigenvalue weighted by Gasteiger charge is 2.64. The second-order valence-corrected chi connectivity index (χ2v) is 9.63. The average Bonchev–Trinajstić information content (AvgIpc) is 3.03. The highest BCUT2D eigenvalue weighted by atomic mass is 35.5. The smallest absolute Gasteiger partial charge is 0.418 e. The lowest BCUT2D eigenvalue weighted by Crippen LogP contribution is -2.58. The van der Waals surface area contributed by atoms with Gasteiger partial charge in [0.1, 0.15) is 5.41 Å². The van der Waals surface area contributed by atoms with E-state index in [0.29, 0.717) is 31.6 Å². The van der Waals surface area contributed by atoms with Crippen LogP contribution in [0, 0.1) is 0 Å². The van der Waals surface area contributed by atoms with Gasteiger partial charge in [-0.15, -0.1) is 0 Å². The molecule has 34 heavy (non-hydrogen) atoms. The third kappa shape index (κ3) is 3.36. The fourth-order valence-corrected chi connectivity index (χ4v) is 5.84. The highest BCUT2D eigenvalue weighted by Crippen LogP contribution is 2.59. The van der Waals surface area contributed by atoms with E-state index in [4.69, 9.17) is 34.8 Å². The second-order valence-electron chi connectivity index (χ2n) is 8.32. The topological polar surface area (TPSA) is 86.7 Å². The summed E-state index contributed by atoms with van der Waals surface area (Å²) in [6.07, 6.45) is -1.48. The molecule has 9 heteroatoms. The number of piperidine rings is 1. The van der Waals surface area contributed by atoms with E-state index in [0.717, 1.165) is 0 Å². The van der Waals surface area contributed by atoms with Crippen molar-refractivity contribution in [1.29, 1.82) is 0 Å². The predicted octanol–water partition coefficient (Wildman–Crippen LogP) is 5.95. The Kier molecular flexibility index (Phi) is 5.55. The number of fused-ring (bicyclic) bond motifs is 2. The van der Waals surface area contributed by atoms with E-state index in [1.807, 2.05) is 0 Å². The molecule has 0 bridgehead atoms. The summed E-state index contributed by atoms with van der Waals surface area (Å²) in [5, 5.41) is 14.1. The molecule has 1 spiro atoms. The van der Waals surface area contributed by atoms with E-state index in [-0.39, 0.29) is 23.0 Å². The van der Waals surface area contributed by atoms with Gasteiger partial charge in [-0.05, 0) is 53.1 Å². The first-order valence-corrected chi connectivity index (χ1v) is 11.5. The van der Waals surface area contributed by atoms with E-state index in [1.165, 1.54) is 6.07 Å². The Bertz CT molecular complexity index is 1300. The number of rotatable bonds is 2. The fraction of sp³-hybridized carbons (Fsp3) is 0.160. The molecule has 5 rings (SSSR count). The molecule has 3 unspecified atom stereocenters. The zero-order valence-electron chi connectivity index (χ0n) is 17.5. The maximum Gasteiger partial charge on any atom is 0.418 e. The number of amides is 3. The molecule has 2 aliphatic rings. The molecule has 1 saturated heterocycles. The Labute approximate surface area is 210 Å². The third-order valence-corrected chi connectivity index (χ3v) is 7.23. The minimum atomic E-state index is -1.48. The number of carbonyl (C=O) groups excluding carboxylic acids is 2. The van der Waals surface area contributed by atoms with Crippen molar-refractivity contribution in [1.82, 2.24) is 5.32 Å². The van der Waals surface area contributed by atoms with Crippen LogP contribution in [0.15, 0.2) is 66.7 Å². The van der Waals surface area contributed by atoms with Gasteiger partial charge >= 0.3 is 6.09 Å². The second kappa shape index (κ2) is 8.31. The van der Waals surface area contributed by atoms with Crippen molar-refractivity contribution in [3.8, 4) is 0 Å². The molecule has 0 aromatic heterocycles. The summed E-state index contributed by atoms with van der Waals surface area (Å²) >= 11 is 18.8. The normalized spacial score (nSPS) is 23.7. The lowest BCUT2D eigenvalue weighted by atomic mass is 9.59. The molecule has 2 N–H and O–H groups in total. The first-order valence-electron chi connectivity index (χ1n) is 10.4. The van der Waals surface area contributed by atoms with Crippen molar-refractivity contribution in [2.45, 2.75) is 23.8 Å². The van der Waals surface area contributed by atoms with Crippen LogP contribution < -0.4 is 10.2 Å². The monoisotopic (exact) mass is 514 g/mol. The summed E-state index contributed by atoms with van der Waals surface area (Å²) in [5.74, 6) is -1.66. The van der Waals surface area contributed by atoms with Crippen molar-refractivity contribution in [3.63, 3.8) is 0 Å². The standard InChI is InChI=1S/C25H17Cl3N2O4/c26-15-5-1-3-13(9-15)19-12-21(31)29-22(14-4-2-6-16(27)10-14)25(19)18-8-7-17(28)11-20(18)30(23(25)32)24(33)34/h1-11,19,22H,12H2,(H,29,31)(H,33,34). The first-order chi connectivity index (χ1) is 16.2. The van der Waals surface area contributed by atoms with Crippen molar-refractivity contribution in [3.05, 3.63) is 98.5 Å². The SMILES string of the molecule is O=C1CC(c2cccc(Cl)c2)C2(C(=O)N(C(=O)O)c3cc(Cl)ccc32)C(c2cccc(Cl)c2)N1. The molecule has 1 fully saturated rings. The third-order valence-electron chi connectivity index (χ3n) is 6.53. The molecule has 3 amide bonds. The first kappa shape index (κ1) is 22.7. The Balaban J connectivity index is 1.87. The number of benzene rings is 3. The van der Waals surface area contributed by atoms with Crippen LogP contribution in [0.3, 0.4) is 0 Å². The summed E-state index contributed by atoms with van der Waals surface area (Å²) in [5.41, 5.74) is 0.367. The number of anilines is 1. The van der Waals surface area contributed by atoms with Crippen LogP contribution in [0.1, 0.15) is 35.1 Å². The minimum Gasteiger partial charge on any atom is -0.464 e. The fourth-order valence-electron chi connectivity index (χ4n) is 5.27. The number of nitrogens with one attached hydrogen (secondary N) is 1. The molecule has 2 aliphatic heterocycles. The molecule has 3 aromatic rings. The number of hydrogen-bond acceptors (Lipinski definition) is 3. The molecule has 172 valence electrons. The van der Waals surface area contributed by atoms with Gasteiger partial charge in [-0.3, -0.25) is 9.59 Å². The molecule has 0 radical (unpaired) electrons. The van der Waals surface area contributed by atoms with Crippen LogP contribution >= 0.6 is 34.8 Å². The van der Waals surface area contributed by atoms with Crippen LogP contribution in [0.4, 0.5) is 10.5 Å². The van der Waals surface area contributed by atoms with E-state index in [2.05, 4.69) is 5.32 Å². The van der Waals surface area contributed by atoms with Gasteiger partial charge in [0.15, 0.2) is 0 Å². The Morgan fingerprint density at radius 1 is 0.912 bits per heavy atom. The van der Waals surface area contributed by atoms with Crippen molar-refractivity contribution < 1.29 is 19.5 Å². The molecule has 6 nitrogen and oxygen atoms in total. The van der Waals surface area contributed by atoms with Crippen LogP contribution in [0.25, 0.3) is 0 Å². The zero-order chi connectivity index (χ0) is 24.2. The van der Waals surface area contributed by atoms with Crippen LogP contribution in [0.2, 0.25) is 15.1 Å². The van der Waals surface area contributed by atoms with Crippen molar-refractivity contribution in [2.75, 3.05) is 4.90 Å². The number of carboxylic acid groups (broad SMARTS) is 1. The van der Waals surface area contributed by atoms with E-state index in [1.54, 1.807) is 60.7 Å². The molecule has 3 aromatic carbocycles. The largest absolute Gasteiger partial charge is 0.464 e. The van der Waals surface area contributed by atoms with Gasteiger partial charge in [0.05, 0.1) is 11.7 Å². The Morgan fingerprint density at radius 2 is 1.53 bits per heavy atom. The number of halogens is 3. The maximum atomic E-state index is 14.2. The lowest BCUT2D eigenvalue weighted by molar-refractivity contribution is -0.132. The molecular formula is C25H17Cl3N2O4. The van der Waals surface area contributed by atoms with E-state index >= 15 is 0 Å². The van der Waals surface area contributed by atoms with Gasteiger partial charge in [-0.25, -0.2) is 9.69 Å². The van der Waals surface area contributed by atoms with Gasteiger partial charge in [0, 0.05) is 27.4 Å². The zero-order valence-corrected chi connectivity index (χ0v) is 19.7. The highest BCUT2D eigenvalue weighted by molar-refractivity contribution is 6.32. The summed E-state index contributed by atoms with van der Waals surface area (Å²) in [4.78, 5) is 40.2. The maximum absolute atomic E-state index is 14.2. The van der Waals surface area contributed by atoms with Crippen molar-refractivity contribution in [2.24, 2.45) is 0 Å². The van der Waals surface area contributed by atoms with Gasteiger partial charge in [0.2, 0.25) is 11.8 Å². The number of imide groups is 1. The summed E-state index contributed by atoms with van der Waals surface area (Å²) in [6.45, 7) is 0. The summed E-state index contributed by atoms with van der Waals surface area (Å²) in [6, 6.07) is 17.6. The van der Waals surface area contributed by atoms with Gasteiger partial charge < -0.3 is 10.4 Å². The molecule has 3 atom stereocenters. The molecule has 0 saturated carbocycles. The van der Waals surface area contributed by atoms with E-state index < -0.39 is 29.4 Å². The number of carbonyl (C=O) groups is 3. The summed E-state index contributed by atoms with van der Waals surface area (Å²) in [7, 11) is 0. The molecule has 0 aliphatic carbocycles. The number of nitrogens with zero attached hydrogens (tertiary/aromatic N) is 1. The van der Waals surface area contributed by atoms with E-state index in [9.17, 15) is 19.5 Å². The predicted molar refractivity (Wildman–Crippen MR) is 130 cm³/mol. The Morgan fingerprint density at radius 3 is 2.18 bits per heavy atom. The van der Waals surface area contributed by atoms with Gasteiger partial charge in [-0.2, -0.15) is 0 Å². The molecular weight excluding hydrogens is 499 g/mol. The Hall–Kier alpha value is -3.06. The van der Waals surface area contributed by atoms with Crippen LogP contribution in [-0.2, 0) is 15.0 Å². The average molecular weight is 516 g/mol. The van der Waals surface area contributed by atoms with Gasteiger partial charge in [0.25, 0.3) is 0 Å². The van der Waals surface area contributed by atoms with Crippen molar-refractivity contribution >= 4 is 58.4 Å². The summed E-state index contributed by atoms with van der Waals surface area (Å²) < 4.78 is 0. The minimum absolute atomic E-state index is 0.0430. The number of hydrogen-bond donors (Lipinski definition) is 2. The quantitative estimate of drug-likeness (QED) is 0.441. The van der Waals surface area contributed by atoms with Crippen LogP contribution in [0.5, 0.6) is 0 Å².